The van der Waals surface area contributed by atoms with Crippen LogP contribution in [-0.4, -0.2) is 12.6 Å². The number of anilines is 1. The molecule has 0 amide bonds. The van der Waals surface area contributed by atoms with Crippen LogP contribution in [-0.2, 0) is 0 Å². The molecule has 3 heteroatoms. The molecule has 0 fully saturated rings. The molecule has 0 heterocycles. The zero-order valence-electron chi connectivity index (χ0n) is 12.3. The quantitative estimate of drug-likeness (QED) is 0.762. The van der Waals surface area contributed by atoms with E-state index >= 15 is 0 Å². The predicted octanol–water partition coefficient (Wildman–Crippen LogP) is 4.35. The number of nitriles is 1. The molecule has 0 N–H and O–H groups in total. The van der Waals surface area contributed by atoms with Crippen LogP contribution >= 0.6 is 0 Å². The van der Waals surface area contributed by atoms with Crippen molar-refractivity contribution < 1.29 is 4.39 Å². The summed E-state index contributed by atoms with van der Waals surface area (Å²) in [5.74, 6) is 0.0824. The number of nitrogens with zero attached hydrogens (tertiary/aromatic N) is 2. The van der Waals surface area contributed by atoms with Crippen molar-refractivity contribution in [2.75, 3.05) is 11.4 Å². The summed E-state index contributed by atoms with van der Waals surface area (Å²) in [4.78, 5) is 2.26. The molecular weight excluding hydrogens is 239 g/mol. The Kier molecular flexibility index (Phi) is 5.82. The fourth-order valence-electron chi connectivity index (χ4n) is 2.36. The van der Waals surface area contributed by atoms with Gasteiger partial charge in [0.05, 0.1) is 5.56 Å². The summed E-state index contributed by atoms with van der Waals surface area (Å²) in [6.07, 6.45) is 2.07. The van der Waals surface area contributed by atoms with E-state index in [9.17, 15) is 4.39 Å². The van der Waals surface area contributed by atoms with Crippen molar-refractivity contribution in [2.24, 2.45) is 5.92 Å². The second-order valence-corrected chi connectivity index (χ2v) is 5.29. The highest BCUT2D eigenvalue weighted by Crippen LogP contribution is 2.24. The number of hydrogen-bond acceptors (Lipinski definition) is 2. The van der Waals surface area contributed by atoms with Gasteiger partial charge in [0.25, 0.3) is 0 Å². The van der Waals surface area contributed by atoms with Gasteiger partial charge in [-0.25, -0.2) is 4.39 Å². The minimum Gasteiger partial charge on any atom is -0.368 e. The Labute approximate surface area is 115 Å². The topological polar surface area (TPSA) is 27.0 Å². The lowest BCUT2D eigenvalue weighted by molar-refractivity contribution is 0.506. The van der Waals surface area contributed by atoms with Gasteiger partial charge in [0.15, 0.2) is 0 Å². The van der Waals surface area contributed by atoms with Crippen LogP contribution in [0, 0.1) is 23.1 Å². The first-order valence-corrected chi connectivity index (χ1v) is 6.99. The van der Waals surface area contributed by atoms with Crippen LogP contribution < -0.4 is 4.90 Å². The largest absolute Gasteiger partial charge is 0.368 e. The molecule has 0 bridgehead atoms. The maximum Gasteiger partial charge on any atom is 0.143 e. The SMILES string of the molecule is CCC(CC)N(CC(C)C)c1ccc(C#N)c(F)c1. The molecule has 0 aromatic heterocycles. The van der Waals surface area contributed by atoms with Crippen LogP contribution in [0.15, 0.2) is 18.2 Å². The van der Waals surface area contributed by atoms with Gasteiger partial charge in [-0.2, -0.15) is 5.26 Å². The smallest absolute Gasteiger partial charge is 0.143 e. The molecule has 2 nitrogen and oxygen atoms in total. The van der Waals surface area contributed by atoms with Crippen molar-refractivity contribution in [2.45, 2.75) is 46.6 Å². The van der Waals surface area contributed by atoms with E-state index in [1.807, 2.05) is 12.1 Å². The van der Waals surface area contributed by atoms with E-state index in [4.69, 9.17) is 5.26 Å². The van der Waals surface area contributed by atoms with Gasteiger partial charge in [0, 0.05) is 18.3 Å². The molecule has 0 aliphatic rings. The standard InChI is InChI=1S/C16H23FN2/c1-5-14(6-2)19(11-12(3)4)15-8-7-13(10-18)16(17)9-15/h7-9,12,14H,5-6,11H2,1-4H3. The van der Waals surface area contributed by atoms with Gasteiger partial charge >= 0.3 is 0 Å². The van der Waals surface area contributed by atoms with E-state index in [1.54, 1.807) is 6.07 Å². The highest BCUT2D eigenvalue weighted by atomic mass is 19.1. The van der Waals surface area contributed by atoms with Crippen molar-refractivity contribution >= 4 is 5.69 Å². The van der Waals surface area contributed by atoms with Crippen molar-refractivity contribution in [1.82, 2.24) is 0 Å². The molecule has 1 rings (SSSR count). The zero-order valence-corrected chi connectivity index (χ0v) is 12.3. The van der Waals surface area contributed by atoms with Crippen molar-refractivity contribution in [1.29, 1.82) is 5.26 Å². The zero-order chi connectivity index (χ0) is 14.4. The summed E-state index contributed by atoms with van der Waals surface area (Å²) in [7, 11) is 0. The molecule has 0 saturated carbocycles. The van der Waals surface area contributed by atoms with E-state index in [0.717, 1.165) is 25.1 Å². The van der Waals surface area contributed by atoms with E-state index in [2.05, 4.69) is 32.6 Å². The van der Waals surface area contributed by atoms with E-state index in [1.165, 1.54) is 6.07 Å². The maximum absolute atomic E-state index is 13.8. The lowest BCUT2D eigenvalue weighted by Gasteiger charge is -2.34. The number of halogens is 1. The molecule has 0 spiro atoms. The van der Waals surface area contributed by atoms with Crippen LogP contribution in [0.4, 0.5) is 10.1 Å². The number of hydrogen-bond donors (Lipinski definition) is 0. The van der Waals surface area contributed by atoms with Crippen LogP contribution in [0.1, 0.15) is 46.1 Å². The Bertz CT molecular complexity index is 445. The third-order valence-corrected chi connectivity index (χ3v) is 3.35. The summed E-state index contributed by atoms with van der Waals surface area (Å²) in [6.45, 7) is 9.53. The monoisotopic (exact) mass is 262 g/mol. The summed E-state index contributed by atoms with van der Waals surface area (Å²) >= 11 is 0. The minimum absolute atomic E-state index is 0.109. The summed E-state index contributed by atoms with van der Waals surface area (Å²) in [6, 6.07) is 7.18. The highest BCUT2D eigenvalue weighted by Gasteiger charge is 2.18. The Morgan fingerprint density at radius 2 is 1.89 bits per heavy atom. The van der Waals surface area contributed by atoms with E-state index in [-0.39, 0.29) is 5.56 Å². The average Bonchev–Trinajstić information content (AvgIpc) is 2.38. The molecule has 104 valence electrons. The Balaban J connectivity index is 3.10. The maximum atomic E-state index is 13.8. The normalized spacial score (nSPS) is 10.8. The van der Waals surface area contributed by atoms with Crippen molar-refractivity contribution in [3.63, 3.8) is 0 Å². The van der Waals surface area contributed by atoms with E-state index < -0.39 is 5.82 Å². The first kappa shape index (κ1) is 15.5. The van der Waals surface area contributed by atoms with Gasteiger partial charge in [-0.1, -0.05) is 27.7 Å². The molecule has 0 unspecified atom stereocenters. The lowest BCUT2D eigenvalue weighted by atomic mass is 10.1. The number of benzene rings is 1. The molecule has 0 aliphatic carbocycles. The third-order valence-electron chi connectivity index (χ3n) is 3.35. The third kappa shape index (κ3) is 3.96. The molecule has 1 aromatic rings. The number of rotatable bonds is 6. The van der Waals surface area contributed by atoms with Gasteiger partial charge in [0.1, 0.15) is 11.9 Å². The second kappa shape index (κ2) is 7.13. The second-order valence-electron chi connectivity index (χ2n) is 5.29. The first-order chi connectivity index (χ1) is 9.03. The highest BCUT2D eigenvalue weighted by molar-refractivity contribution is 5.51. The van der Waals surface area contributed by atoms with Gasteiger partial charge < -0.3 is 4.90 Å². The molecule has 19 heavy (non-hydrogen) atoms. The molecule has 0 saturated heterocycles. The van der Waals surface area contributed by atoms with Gasteiger partial charge in [-0.15, -0.1) is 0 Å². The van der Waals surface area contributed by atoms with E-state index in [0.29, 0.717) is 12.0 Å². The van der Waals surface area contributed by atoms with Gasteiger partial charge in [-0.3, -0.25) is 0 Å². The molecule has 0 aliphatic heterocycles. The lowest BCUT2D eigenvalue weighted by Crippen LogP contribution is -2.37. The first-order valence-electron chi connectivity index (χ1n) is 6.99. The fraction of sp³-hybridized carbons (Fsp3) is 0.562. The Morgan fingerprint density at radius 1 is 1.26 bits per heavy atom. The summed E-state index contributed by atoms with van der Waals surface area (Å²) < 4.78 is 13.8. The van der Waals surface area contributed by atoms with Crippen LogP contribution in [0.5, 0.6) is 0 Å². The minimum atomic E-state index is -0.431. The van der Waals surface area contributed by atoms with Crippen LogP contribution in [0.25, 0.3) is 0 Å². The van der Waals surface area contributed by atoms with Gasteiger partial charge in [-0.05, 0) is 37.0 Å². The van der Waals surface area contributed by atoms with Crippen LogP contribution in [0.2, 0.25) is 0 Å². The molecule has 0 radical (unpaired) electrons. The van der Waals surface area contributed by atoms with Gasteiger partial charge in [0.2, 0.25) is 0 Å². The summed E-state index contributed by atoms with van der Waals surface area (Å²) in [5.41, 5.74) is 0.983. The fourth-order valence-corrected chi connectivity index (χ4v) is 2.36. The average molecular weight is 262 g/mol. The predicted molar refractivity (Wildman–Crippen MR) is 77.7 cm³/mol. The van der Waals surface area contributed by atoms with Crippen molar-refractivity contribution in [3.05, 3.63) is 29.6 Å². The van der Waals surface area contributed by atoms with Crippen molar-refractivity contribution in [3.8, 4) is 6.07 Å². The molecule has 0 atom stereocenters. The molecular formula is C16H23FN2. The summed E-state index contributed by atoms with van der Waals surface area (Å²) in [5, 5.41) is 8.79. The Morgan fingerprint density at radius 3 is 2.32 bits per heavy atom. The Hall–Kier alpha value is -1.56. The molecule has 1 aromatic carbocycles. The van der Waals surface area contributed by atoms with Crippen LogP contribution in [0.3, 0.4) is 0 Å².